The maximum absolute atomic E-state index is 6.40. The summed E-state index contributed by atoms with van der Waals surface area (Å²) in [5.41, 5.74) is 2.48. The van der Waals surface area contributed by atoms with Crippen molar-refractivity contribution in [1.82, 2.24) is 5.32 Å². The van der Waals surface area contributed by atoms with Crippen LogP contribution in [0.1, 0.15) is 42.7 Å². The Morgan fingerprint density at radius 2 is 2.39 bits per heavy atom. The van der Waals surface area contributed by atoms with Crippen molar-refractivity contribution >= 4 is 22.9 Å². The van der Waals surface area contributed by atoms with E-state index in [1.165, 1.54) is 10.5 Å². The van der Waals surface area contributed by atoms with Crippen LogP contribution in [0.3, 0.4) is 0 Å². The van der Waals surface area contributed by atoms with Gasteiger partial charge in [-0.2, -0.15) is 0 Å². The number of nitrogens with one attached hydrogen (secondary N) is 1. The van der Waals surface area contributed by atoms with E-state index < -0.39 is 0 Å². The summed E-state index contributed by atoms with van der Waals surface area (Å²) in [6, 6.07) is 0.219. The minimum Gasteiger partial charge on any atom is -0.501 e. The maximum Gasteiger partial charge on any atom is 0.0876 e. The summed E-state index contributed by atoms with van der Waals surface area (Å²) in [4.78, 5) is 1.22. The van der Waals surface area contributed by atoms with Crippen LogP contribution in [0.15, 0.2) is 17.2 Å². The van der Waals surface area contributed by atoms with Crippen molar-refractivity contribution in [3.63, 3.8) is 0 Å². The van der Waals surface area contributed by atoms with Crippen LogP contribution in [-0.4, -0.2) is 13.2 Å². The molecular formula is C14H20ClNOS. The molecule has 0 saturated heterocycles. The molecule has 1 unspecified atom stereocenters. The fraction of sp³-hybridized carbons (Fsp3) is 0.571. The van der Waals surface area contributed by atoms with Gasteiger partial charge in [-0.25, -0.2) is 0 Å². The average molecular weight is 286 g/mol. The zero-order chi connectivity index (χ0) is 13.0. The molecule has 0 bridgehead atoms. The molecule has 4 heteroatoms. The Morgan fingerprint density at radius 1 is 1.56 bits per heavy atom. The van der Waals surface area contributed by atoms with Gasteiger partial charge in [0.1, 0.15) is 0 Å². The van der Waals surface area contributed by atoms with Crippen molar-refractivity contribution in [2.45, 2.75) is 39.2 Å². The van der Waals surface area contributed by atoms with Gasteiger partial charge < -0.3 is 10.1 Å². The quantitative estimate of drug-likeness (QED) is 0.863. The number of rotatable bonds is 5. The number of aryl methyl sites for hydroxylation is 1. The van der Waals surface area contributed by atoms with Crippen LogP contribution in [0.5, 0.6) is 0 Å². The van der Waals surface area contributed by atoms with Crippen LogP contribution in [0.25, 0.3) is 0 Å². The van der Waals surface area contributed by atoms with Crippen molar-refractivity contribution in [2.75, 3.05) is 13.2 Å². The maximum atomic E-state index is 6.40. The Bertz CT molecular complexity index is 427. The Morgan fingerprint density at radius 3 is 2.94 bits per heavy atom. The number of hydrogen-bond donors (Lipinski definition) is 1. The van der Waals surface area contributed by atoms with E-state index in [1.807, 2.05) is 6.26 Å². The van der Waals surface area contributed by atoms with E-state index in [4.69, 9.17) is 16.3 Å². The minimum absolute atomic E-state index is 0.219. The van der Waals surface area contributed by atoms with Crippen molar-refractivity contribution in [1.29, 1.82) is 0 Å². The van der Waals surface area contributed by atoms with Crippen LogP contribution in [0.2, 0.25) is 5.02 Å². The van der Waals surface area contributed by atoms with Crippen LogP contribution in [0, 0.1) is 6.92 Å². The highest BCUT2D eigenvalue weighted by atomic mass is 35.5. The standard InChI is InChI=1S/C14H20ClNOS/c1-3-6-16-13(11-5-4-7-17-8-11)14-12(15)10(2)9-18-14/h8-9,13,16H,3-7H2,1-2H3. The number of thiophene rings is 1. The third-order valence-electron chi connectivity index (χ3n) is 3.12. The van der Waals surface area contributed by atoms with Crippen molar-refractivity contribution < 1.29 is 4.74 Å². The predicted octanol–water partition coefficient (Wildman–Crippen LogP) is 4.44. The second kappa shape index (κ2) is 6.60. The summed E-state index contributed by atoms with van der Waals surface area (Å²) in [6.45, 7) is 6.07. The molecule has 1 aromatic rings. The largest absolute Gasteiger partial charge is 0.501 e. The molecule has 0 aromatic carbocycles. The van der Waals surface area contributed by atoms with E-state index in [2.05, 4.69) is 24.5 Å². The first-order valence-electron chi connectivity index (χ1n) is 6.51. The Hall–Kier alpha value is -0.510. The first-order valence-corrected chi connectivity index (χ1v) is 7.77. The average Bonchev–Trinajstić information content (AvgIpc) is 2.73. The molecule has 100 valence electrons. The molecule has 1 aromatic heterocycles. The molecule has 1 atom stereocenters. The summed E-state index contributed by atoms with van der Waals surface area (Å²) in [7, 11) is 0. The molecule has 0 aliphatic carbocycles. The van der Waals surface area contributed by atoms with Gasteiger partial charge in [-0.1, -0.05) is 18.5 Å². The Labute approximate surface area is 118 Å². The molecule has 1 N–H and O–H groups in total. The summed E-state index contributed by atoms with van der Waals surface area (Å²) < 4.78 is 5.47. The Kier molecular flexibility index (Phi) is 5.10. The molecular weight excluding hydrogens is 266 g/mol. The van der Waals surface area contributed by atoms with Crippen molar-refractivity contribution in [3.05, 3.63) is 32.7 Å². The lowest BCUT2D eigenvalue weighted by Crippen LogP contribution is -2.24. The van der Waals surface area contributed by atoms with Gasteiger partial charge in [0.05, 0.1) is 23.9 Å². The summed E-state index contributed by atoms with van der Waals surface area (Å²) in [6.07, 6.45) is 5.22. The number of hydrogen-bond acceptors (Lipinski definition) is 3. The van der Waals surface area contributed by atoms with E-state index in [-0.39, 0.29) is 6.04 Å². The van der Waals surface area contributed by atoms with Crippen LogP contribution in [0.4, 0.5) is 0 Å². The third kappa shape index (κ3) is 3.08. The molecule has 18 heavy (non-hydrogen) atoms. The SMILES string of the molecule is CCCNC(C1=COCCC1)c1scc(C)c1Cl. The molecule has 0 fully saturated rings. The van der Waals surface area contributed by atoms with Gasteiger partial charge >= 0.3 is 0 Å². The lowest BCUT2D eigenvalue weighted by atomic mass is 10.00. The van der Waals surface area contributed by atoms with Crippen molar-refractivity contribution in [3.8, 4) is 0 Å². The molecule has 2 heterocycles. The van der Waals surface area contributed by atoms with Gasteiger partial charge in [0, 0.05) is 4.88 Å². The lowest BCUT2D eigenvalue weighted by molar-refractivity contribution is 0.219. The Balaban J connectivity index is 2.24. The number of ether oxygens (including phenoxy) is 1. The molecule has 0 saturated carbocycles. The summed E-state index contributed by atoms with van der Waals surface area (Å²) >= 11 is 8.14. The van der Waals surface area contributed by atoms with Crippen molar-refractivity contribution in [2.24, 2.45) is 0 Å². The second-order valence-electron chi connectivity index (χ2n) is 4.65. The fourth-order valence-electron chi connectivity index (χ4n) is 2.12. The molecule has 0 radical (unpaired) electrons. The monoisotopic (exact) mass is 285 g/mol. The third-order valence-corrected chi connectivity index (χ3v) is 4.90. The van der Waals surface area contributed by atoms with Crippen LogP contribution in [-0.2, 0) is 4.74 Å². The van der Waals surface area contributed by atoms with Gasteiger partial charge in [0.25, 0.3) is 0 Å². The molecule has 2 rings (SSSR count). The molecule has 0 spiro atoms. The minimum atomic E-state index is 0.219. The highest BCUT2D eigenvalue weighted by molar-refractivity contribution is 7.10. The zero-order valence-corrected chi connectivity index (χ0v) is 12.5. The van der Waals surface area contributed by atoms with E-state index in [9.17, 15) is 0 Å². The normalized spacial score (nSPS) is 17.2. The number of halogens is 1. The van der Waals surface area contributed by atoms with E-state index in [1.54, 1.807) is 11.3 Å². The topological polar surface area (TPSA) is 21.3 Å². The van der Waals surface area contributed by atoms with Gasteiger partial charge in [-0.3, -0.25) is 0 Å². The molecule has 0 amide bonds. The molecule has 1 aliphatic rings. The van der Waals surface area contributed by atoms with Gasteiger partial charge in [-0.05, 0) is 49.2 Å². The van der Waals surface area contributed by atoms with E-state index >= 15 is 0 Å². The van der Waals surface area contributed by atoms with Gasteiger partial charge in [0.15, 0.2) is 0 Å². The summed E-state index contributed by atoms with van der Waals surface area (Å²) in [5, 5.41) is 6.62. The van der Waals surface area contributed by atoms with E-state index in [0.717, 1.165) is 43.0 Å². The highest BCUT2D eigenvalue weighted by Gasteiger charge is 2.22. The summed E-state index contributed by atoms with van der Waals surface area (Å²) in [5.74, 6) is 0. The highest BCUT2D eigenvalue weighted by Crippen LogP contribution is 2.37. The molecule has 2 nitrogen and oxygen atoms in total. The first-order chi connectivity index (χ1) is 8.74. The zero-order valence-electron chi connectivity index (χ0n) is 11.0. The van der Waals surface area contributed by atoms with Crippen LogP contribution >= 0.6 is 22.9 Å². The predicted molar refractivity (Wildman–Crippen MR) is 78.4 cm³/mol. The fourth-order valence-corrected chi connectivity index (χ4v) is 3.54. The molecule has 1 aliphatic heterocycles. The van der Waals surface area contributed by atoms with Gasteiger partial charge in [-0.15, -0.1) is 11.3 Å². The van der Waals surface area contributed by atoms with Crippen LogP contribution < -0.4 is 5.32 Å². The van der Waals surface area contributed by atoms with Gasteiger partial charge in [0.2, 0.25) is 0 Å². The lowest BCUT2D eigenvalue weighted by Gasteiger charge is -2.24. The first kappa shape index (κ1) is 13.9. The van der Waals surface area contributed by atoms with E-state index in [0.29, 0.717) is 0 Å². The second-order valence-corrected chi connectivity index (χ2v) is 5.94. The smallest absolute Gasteiger partial charge is 0.0876 e.